The number of ether oxygens (including phenoxy) is 2. The first-order valence-electron chi connectivity index (χ1n) is 18.1. The number of fused-ring (bicyclic) bond motifs is 1. The largest absolute Gasteiger partial charge is 0.398 e. The van der Waals surface area contributed by atoms with E-state index < -0.39 is 0 Å². The van der Waals surface area contributed by atoms with Crippen molar-refractivity contribution in [3.8, 4) is 11.1 Å². The van der Waals surface area contributed by atoms with Gasteiger partial charge in [0.15, 0.2) is 5.82 Å². The van der Waals surface area contributed by atoms with Gasteiger partial charge >= 0.3 is 0 Å². The summed E-state index contributed by atoms with van der Waals surface area (Å²) < 4.78 is 13.0. The minimum Gasteiger partial charge on any atom is -0.398 e. The van der Waals surface area contributed by atoms with Gasteiger partial charge < -0.3 is 30.4 Å². The first-order valence-corrected chi connectivity index (χ1v) is 18.8. The van der Waals surface area contributed by atoms with Crippen molar-refractivity contribution in [1.82, 2.24) is 24.5 Å². The first kappa shape index (κ1) is 35.7. The minimum atomic E-state index is -0.0690. The molecule has 1 spiro atoms. The summed E-state index contributed by atoms with van der Waals surface area (Å²) >= 11 is 13.3. The minimum absolute atomic E-state index is 0.00334. The Hall–Kier alpha value is -2.67. The third-order valence-corrected chi connectivity index (χ3v) is 13.0. The van der Waals surface area contributed by atoms with Gasteiger partial charge in [0.25, 0.3) is 0 Å². The van der Waals surface area contributed by atoms with Gasteiger partial charge in [-0.3, -0.25) is 19.3 Å². The average molecular weight is 728 g/mol. The van der Waals surface area contributed by atoms with E-state index >= 15 is 0 Å². The molecule has 272 valence electrons. The Labute approximate surface area is 306 Å². The topological polar surface area (TPSA) is 116 Å². The number of likely N-dealkylation sites (tertiary alicyclic amines) is 1. The second kappa shape index (κ2) is 13.7. The highest BCUT2D eigenvalue weighted by Gasteiger charge is 2.55. The molecule has 11 nitrogen and oxygen atoms in total. The predicted molar refractivity (Wildman–Crippen MR) is 200 cm³/mol. The summed E-state index contributed by atoms with van der Waals surface area (Å²) in [4.78, 5) is 21.2. The molecule has 2 unspecified atom stereocenters. The number of likely N-dealkylation sites (N-methyl/N-ethyl adjacent to an activating group) is 1. The van der Waals surface area contributed by atoms with Crippen LogP contribution in [0.4, 0.5) is 11.5 Å². The van der Waals surface area contributed by atoms with Crippen molar-refractivity contribution in [3.63, 3.8) is 0 Å². The molecule has 0 bridgehead atoms. The normalized spacial score (nSPS) is 26.4. The van der Waals surface area contributed by atoms with Crippen molar-refractivity contribution >= 4 is 46.8 Å². The second-order valence-electron chi connectivity index (χ2n) is 15.9. The van der Waals surface area contributed by atoms with Gasteiger partial charge in [-0.05, 0) is 72.1 Å². The Bertz CT molecular complexity index is 1640. The molecule has 1 aliphatic carbocycles. The number of halogens is 2. The van der Waals surface area contributed by atoms with E-state index in [9.17, 15) is 4.79 Å². The highest BCUT2D eigenvalue weighted by atomic mass is 35.5. The summed E-state index contributed by atoms with van der Waals surface area (Å²) in [6.45, 7) is 18.7. The van der Waals surface area contributed by atoms with E-state index in [0.717, 1.165) is 88.8 Å². The Kier molecular flexibility index (Phi) is 9.79. The van der Waals surface area contributed by atoms with Crippen LogP contribution in [0.1, 0.15) is 63.3 Å². The van der Waals surface area contributed by atoms with Crippen molar-refractivity contribution < 1.29 is 14.3 Å². The predicted octanol–water partition coefficient (Wildman–Crippen LogP) is 5.26. The third-order valence-electron chi connectivity index (χ3n) is 12.3. The first-order chi connectivity index (χ1) is 23.9. The molecule has 1 aromatic carbocycles. The molecule has 1 amide bonds. The number of piperazine rings is 1. The Morgan fingerprint density at radius 3 is 2.38 bits per heavy atom. The third kappa shape index (κ3) is 6.15. The highest BCUT2D eigenvalue weighted by molar-refractivity contribution is 6.44. The highest BCUT2D eigenvalue weighted by Crippen LogP contribution is 2.56. The summed E-state index contributed by atoms with van der Waals surface area (Å²) in [6, 6.07) is 3.75. The molecular formula is C37H52Cl2N8O3. The average Bonchev–Trinajstić information content (AvgIpc) is 3.64. The molecule has 0 radical (unpaired) electrons. The number of anilines is 2. The molecule has 50 heavy (non-hydrogen) atoms. The van der Waals surface area contributed by atoms with Crippen LogP contribution in [0.2, 0.25) is 10.0 Å². The fraction of sp³-hybridized carbons (Fsp3) is 0.649. The molecule has 5 saturated heterocycles. The SMILES string of the molecule is C=CC(=O)N1CC2(CC(n3nc(N4CCCCC4(C)C)c(-c4c(Cl)c(Cl)cc(N)c4C=N)c3C)C2)C1.CN1CCN(C2COC2)C2COCC21. The van der Waals surface area contributed by atoms with E-state index in [1.54, 1.807) is 6.07 Å². The van der Waals surface area contributed by atoms with Crippen LogP contribution in [0.3, 0.4) is 0 Å². The van der Waals surface area contributed by atoms with Gasteiger partial charge in [-0.15, -0.1) is 0 Å². The number of nitrogen functional groups attached to an aromatic ring is 1. The lowest BCUT2D eigenvalue weighted by Gasteiger charge is -2.58. The van der Waals surface area contributed by atoms with Crippen LogP contribution in [-0.2, 0) is 14.3 Å². The monoisotopic (exact) mass is 726 g/mol. The Morgan fingerprint density at radius 2 is 1.74 bits per heavy atom. The summed E-state index contributed by atoms with van der Waals surface area (Å²) in [6.07, 6.45) is 7.94. The fourth-order valence-corrected chi connectivity index (χ4v) is 9.68. The molecule has 1 aromatic heterocycles. The molecule has 3 N–H and O–H groups in total. The van der Waals surface area contributed by atoms with Crippen LogP contribution in [0, 0.1) is 17.7 Å². The number of amides is 1. The van der Waals surface area contributed by atoms with Crippen LogP contribution >= 0.6 is 23.2 Å². The van der Waals surface area contributed by atoms with Crippen LogP contribution in [0.25, 0.3) is 11.1 Å². The van der Waals surface area contributed by atoms with Crippen molar-refractivity contribution in [3.05, 3.63) is 40.0 Å². The zero-order valence-corrected chi connectivity index (χ0v) is 31.4. The van der Waals surface area contributed by atoms with Gasteiger partial charge in [0.1, 0.15) is 0 Å². The Morgan fingerprint density at radius 1 is 1.04 bits per heavy atom. The summed E-state index contributed by atoms with van der Waals surface area (Å²) in [5.74, 6) is 0.880. The summed E-state index contributed by atoms with van der Waals surface area (Å²) in [7, 11) is 2.21. The number of nitrogens with two attached hydrogens (primary N) is 1. The van der Waals surface area contributed by atoms with Crippen molar-refractivity contribution in [2.24, 2.45) is 5.41 Å². The van der Waals surface area contributed by atoms with Crippen molar-refractivity contribution in [1.29, 1.82) is 5.41 Å². The van der Waals surface area contributed by atoms with Gasteiger partial charge in [-0.25, -0.2) is 0 Å². The molecule has 5 aliphatic heterocycles. The smallest absolute Gasteiger partial charge is 0.245 e. The van der Waals surface area contributed by atoms with E-state index in [4.69, 9.17) is 48.9 Å². The molecular weight excluding hydrogens is 675 g/mol. The van der Waals surface area contributed by atoms with Crippen LogP contribution in [0.15, 0.2) is 18.7 Å². The van der Waals surface area contributed by atoms with Crippen LogP contribution in [-0.4, -0.2) is 126 Å². The number of hydrogen-bond acceptors (Lipinski definition) is 9. The second-order valence-corrected chi connectivity index (χ2v) is 16.7. The standard InChI is InChI=1S/C27H34Cl2N6O.C10H18N2O2/c1-5-21(36)33-14-27(15-33)11-17(12-27)35-16(2)22(23-18(13-30)20(31)10-19(28)24(23)29)25(32-35)34-9-7-6-8-26(34,3)4;1-11-2-3-12(8-4-13-5-8)10-7-14-6-9(10)11/h5,10,13,17,30H,1,6-9,11-12,14-15,31H2,2-4H3;8-10H,2-7H2,1H3. The van der Waals surface area contributed by atoms with Gasteiger partial charge in [0, 0.05) is 78.0 Å². The van der Waals surface area contributed by atoms with Crippen LogP contribution < -0.4 is 10.6 Å². The number of aromatic nitrogens is 2. The number of hydrogen-bond donors (Lipinski definition) is 2. The zero-order valence-electron chi connectivity index (χ0n) is 29.9. The number of carbonyl (C=O) groups excluding carboxylic acids is 1. The number of carbonyl (C=O) groups is 1. The molecule has 1 saturated carbocycles. The van der Waals surface area contributed by atoms with E-state index in [1.165, 1.54) is 31.8 Å². The van der Waals surface area contributed by atoms with E-state index in [2.05, 4.69) is 53.8 Å². The number of rotatable bonds is 6. The van der Waals surface area contributed by atoms with E-state index in [-0.39, 0.29) is 22.9 Å². The maximum Gasteiger partial charge on any atom is 0.245 e. The summed E-state index contributed by atoms with van der Waals surface area (Å²) in [5, 5.41) is 14.1. The Balaban J connectivity index is 0.000000231. The molecule has 6 heterocycles. The number of piperidine rings is 1. The van der Waals surface area contributed by atoms with E-state index in [0.29, 0.717) is 45.0 Å². The lowest BCUT2D eigenvalue weighted by Crippen LogP contribution is -2.64. The molecule has 6 aliphatic rings. The number of benzene rings is 1. The molecule has 8 rings (SSSR count). The van der Waals surface area contributed by atoms with Gasteiger partial charge in [-0.1, -0.05) is 29.8 Å². The van der Waals surface area contributed by atoms with Gasteiger partial charge in [0.05, 0.1) is 60.6 Å². The van der Waals surface area contributed by atoms with Crippen molar-refractivity contribution in [2.45, 2.75) is 82.6 Å². The number of nitrogens with one attached hydrogen (secondary N) is 1. The number of nitrogens with zero attached hydrogens (tertiary/aromatic N) is 6. The lowest BCUT2D eigenvalue weighted by molar-refractivity contribution is -0.149. The maximum absolute atomic E-state index is 11.9. The van der Waals surface area contributed by atoms with Gasteiger partial charge in [0.2, 0.25) is 5.91 Å². The molecule has 2 aromatic rings. The van der Waals surface area contributed by atoms with Crippen molar-refractivity contribution in [2.75, 3.05) is 76.8 Å². The lowest BCUT2D eigenvalue weighted by atomic mass is 9.60. The zero-order chi connectivity index (χ0) is 35.5. The quantitative estimate of drug-likeness (QED) is 0.235. The van der Waals surface area contributed by atoms with E-state index in [1.807, 2.05) is 4.90 Å². The van der Waals surface area contributed by atoms with Gasteiger partial charge in [-0.2, -0.15) is 5.10 Å². The molecule has 6 fully saturated rings. The van der Waals surface area contributed by atoms with Crippen LogP contribution in [0.5, 0.6) is 0 Å². The molecule has 2 atom stereocenters. The maximum atomic E-state index is 11.9. The fourth-order valence-electron chi connectivity index (χ4n) is 9.22. The molecule has 13 heteroatoms. The summed E-state index contributed by atoms with van der Waals surface area (Å²) in [5.41, 5.74) is 9.98.